The number of hydrogen-bond acceptors (Lipinski definition) is 2. The van der Waals surface area contributed by atoms with E-state index < -0.39 is 12.1 Å². The van der Waals surface area contributed by atoms with Crippen molar-refractivity contribution in [2.45, 2.75) is 53.0 Å². The number of carbonyl (C=O) groups excluding carboxylic acids is 2. The Hall–Kier alpha value is -1.26. The Morgan fingerprint density at radius 2 is 1.67 bits per heavy atom. The van der Waals surface area contributed by atoms with Crippen LogP contribution in [0.5, 0.6) is 0 Å². The Labute approximate surface area is 110 Å². The van der Waals surface area contributed by atoms with Crippen molar-refractivity contribution in [2.75, 3.05) is 6.54 Å². The van der Waals surface area contributed by atoms with Crippen molar-refractivity contribution >= 4 is 11.9 Å². The molecule has 0 spiro atoms. The zero-order valence-electron chi connectivity index (χ0n) is 12.0. The average molecular weight is 257 g/mol. The fourth-order valence-electron chi connectivity index (χ4n) is 1.79. The smallest absolute Gasteiger partial charge is 0.312 e. The second-order valence-corrected chi connectivity index (χ2v) is 4.80. The average Bonchev–Trinajstić information content (AvgIpc) is 2.35. The summed E-state index contributed by atoms with van der Waals surface area (Å²) >= 11 is 0. The van der Waals surface area contributed by atoms with Crippen LogP contribution in [-0.4, -0.2) is 24.5 Å². The highest BCUT2D eigenvalue weighted by molar-refractivity contribution is 5.86. The van der Waals surface area contributed by atoms with Gasteiger partial charge in [-0.1, -0.05) is 47.0 Å². The first kappa shape index (κ1) is 16.7. The van der Waals surface area contributed by atoms with Crippen molar-refractivity contribution in [3.63, 3.8) is 0 Å². The number of primary amides is 1. The molecule has 106 valence electrons. The highest BCUT2D eigenvalue weighted by Crippen LogP contribution is 2.09. The van der Waals surface area contributed by atoms with Gasteiger partial charge in [-0.25, -0.2) is 4.79 Å². The standard InChI is InChI=1S/C13H27N3O2/c1-5-9(4)11(16-13(14)18)12(17)15-8-10(6-2)7-3/h9-11H,5-8H2,1-4H3,(H,15,17)(H3,14,16,18). The topological polar surface area (TPSA) is 84.2 Å². The van der Waals surface area contributed by atoms with E-state index in [-0.39, 0.29) is 11.8 Å². The molecule has 0 saturated heterocycles. The van der Waals surface area contributed by atoms with Gasteiger partial charge in [0.2, 0.25) is 5.91 Å². The quantitative estimate of drug-likeness (QED) is 0.617. The van der Waals surface area contributed by atoms with E-state index >= 15 is 0 Å². The van der Waals surface area contributed by atoms with Gasteiger partial charge in [0, 0.05) is 6.54 Å². The molecule has 0 fully saturated rings. The number of hydrogen-bond donors (Lipinski definition) is 3. The molecule has 4 N–H and O–H groups in total. The molecule has 0 radical (unpaired) electrons. The molecular formula is C13H27N3O2. The molecule has 0 aliphatic rings. The van der Waals surface area contributed by atoms with Crippen molar-refractivity contribution in [3.05, 3.63) is 0 Å². The van der Waals surface area contributed by atoms with Crippen LogP contribution in [0.2, 0.25) is 0 Å². The molecule has 0 aliphatic heterocycles. The Kier molecular flexibility index (Phi) is 8.16. The summed E-state index contributed by atoms with van der Waals surface area (Å²) in [6.07, 6.45) is 2.88. The van der Waals surface area contributed by atoms with Gasteiger partial charge in [0.05, 0.1) is 0 Å². The number of nitrogens with two attached hydrogens (primary N) is 1. The van der Waals surface area contributed by atoms with Gasteiger partial charge in [-0.2, -0.15) is 0 Å². The van der Waals surface area contributed by atoms with Gasteiger partial charge in [-0.15, -0.1) is 0 Å². The minimum atomic E-state index is -0.655. The maximum Gasteiger partial charge on any atom is 0.312 e. The largest absolute Gasteiger partial charge is 0.354 e. The van der Waals surface area contributed by atoms with Crippen molar-refractivity contribution in [3.8, 4) is 0 Å². The van der Waals surface area contributed by atoms with Gasteiger partial charge in [-0.3, -0.25) is 4.79 Å². The number of rotatable bonds is 8. The molecule has 0 aromatic heterocycles. The molecule has 0 aromatic carbocycles. The normalized spacial score (nSPS) is 14.1. The first-order valence-corrected chi connectivity index (χ1v) is 6.79. The summed E-state index contributed by atoms with van der Waals surface area (Å²) in [5.41, 5.74) is 5.10. The molecular weight excluding hydrogens is 230 g/mol. The molecule has 0 aromatic rings. The first-order chi connectivity index (χ1) is 8.46. The van der Waals surface area contributed by atoms with Crippen LogP contribution in [-0.2, 0) is 4.79 Å². The second kappa shape index (κ2) is 8.78. The Morgan fingerprint density at radius 3 is 2.06 bits per heavy atom. The Bertz CT molecular complexity index is 265. The highest BCUT2D eigenvalue weighted by atomic mass is 16.2. The van der Waals surface area contributed by atoms with Crippen LogP contribution in [0.3, 0.4) is 0 Å². The van der Waals surface area contributed by atoms with E-state index in [2.05, 4.69) is 24.5 Å². The SMILES string of the molecule is CCC(CC)CNC(=O)C(NC(N)=O)C(C)CC. The summed E-state index contributed by atoms with van der Waals surface area (Å²) in [4.78, 5) is 23.0. The van der Waals surface area contributed by atoms with Gasteiger partial charge < -0.3 is 16.4 Å². The molecule has 0 rings (SSSR count). The summed E-state index contributed by atoms with van der Waals surface area (Å²) in [5.74, 6) is 0.411. The summed E-state index contributed by atoms with van der Waals surface area (Å²) < 4.78 is 0. The number of carbonyl (C=O) groups is 2. The molecule has 5 nitrogen and oxygen atoms in total. The third-order valence-electron chi connectivity index (χ3n) is 3.51. The Morgan fingerprint density at radius 1 is 1.11 bits per heavy atom. The zero-order valence-corrected chi connectivity index (χ0v) is 12.0. The number of amides is 3. The van der Waals surface area contributed by atoms with Gasteiger partial charge >= 0.3 is 6.03 Å². The van der Waals surface area contributed by atoms with E-state index in [0.29, 0.717) is 12.5 Å². The third-order valence-corrected chi connectivity index (χ3v) is 3.51. The highest BCUT2D eigenvalue weighted by Gasteiger charge is 2.25. The van der Waals surface area contributed by atoms with Crippen molar-refractivity contribution in [1.29, 1.82) is 0 Å². The summed E-state index contributed by atoms with van der Waals surface area (Å²) in [6, 6.07) is -1.19. The lowest BCUT2D eigenvalue weighted by Gasteiger charge is -2.23. The zero-order chi connectivity index (χ0) is 14.1. The van der Waals surface area contributed by atoms with Gasteiger partial charge in [-0.05, 0) is 11.8 Å². The summed E-state index contributed by atoms with van der Waals surface area (Å²) in [7, 11) is 0. The van der Waals surface area contributed by atoms with Crippen LogP contribution in [0.25, 0.3) is 0 Å². The van der Waals surface area contributed by atoms with Crippen LogP contribution < -0.4 is 16.4 Å². The van der Waals surface area contributed by atoms with E-state index in [4.69, 9.17) is 5.73 Å². The molecule has 0 heterocycles. The molecule has 0 bridgehead atoms. The van der Waals surface area contributed by atoms with E-state index in [1.807, 2.05) is 13.8 Å². The van der Waals surface area contributed by atoms with Crippen LogP contribution >= 0.6 is 0 Å². The van der Waals surface area contributed by atoms with E-state index in [1.54, 1.807) is 0 Å². The van der Waals surface area contributed by atoms with E-state index in [1.165, 1.54) is 0 Å². The minimum absolute atomic E-state index is 0.0687. The predicted octanol–water partition coefficient (Wildman–Crippen LogP) is 1.62. The lowest BCUT2D eigenvalue weighted by molar-refractivity contribution is -0.124. The maximum absolute atomic E-state index is 12.0. The third kappa shape index (κ3) is 5.89. The van der Waals surface area contributed by atoms with Crippen LogP contribution in [0.1, 0.15) is 47.0 Å². The van der Waals surface area contributed by atoms with Gasteiger partial charge in [0.25, 0.3) is 0 Å². The molecule has 2 atom stereocenters. The second-order valence-electron chi connectivity index (χ2n) is 4.80. The van der Waals surface area contributed by atoms with Crippen molar-refractivity contribution in [1.82, 2.24) is 10.6 Å². The lowest BCUT2D eigenvalue weighted by atomic mass is 9.97. The van der Waals surface area contributed by atoms with Crippen LogP contribution in [0, 0.1) is 11.8 Å². The number of nitrogens with one attached hydrogen (secondary N) is 2. The molecule has 0 aliphatic carbocycles. The molecule has 18 heavy (non-hydrogen) atoms. The predicted molar refractivity (Wildman–Crippen MR) is 73.0 cm³/mol. The Balaban J connectivity index is 4.41. The molecule has 5 heteroatoms. The lowest BCUT2D eigenvalue weighted by Crippen LogP contribution is -2.52. The van der Waals surface area contributed by atoms with E-state index in [9.17, 15) is 9.59 Å². The molecule has 3 amide bonds. The van der Waals surface area contributed by atoms with Crippen LogP contribution in [0.4, 0.5) is 4.79 Å². The molecule has 0 saturated carbocycles. The fraction of sp³-hybridized carbons (Fsp3) is 0.846. The summed E-state index contributed by atoms with van der Waals surface area (Å²) in [6.45, 7) is 8.77. The number of urea groups is 1. The van der Waals surface area contributed by atoms with Crippen molar-refractivity contribution in [2.24, 2.45) is 17.6 Å². The van der Waals surface area contributed by atoms with Crippen LogP contribution in [0.15, 0.2) is 0 Å². The fourth-order valence-corrected chi connectivity index (χ4v) is 1.79. The monoisotopic (exact) mass is 257 g/mol. The van der Waals surface area contributed by atoms with Crippen molar-refractivity contribution < 1.29 is 9.59 Å². The van der Waals surface area contributed by atoms with E-state index in [0.717, 1.165) is 19.3 Å². The summed E-state index contributed by atoms with van der Waals surface area (Å²) in [5, 5.41) is 5.41. The minimum Gasteiger partial charge on any atom is -0.354 e. The first-order valence-electron chi connectivity index (χ1n) is 6.79. The molecule has 2 unspecified atom stereocenters. The van der Waals surface area contributed by atoms with Gasteiger partial charge in [0.15, 0.2) is 0 Å². The van der Waals surface area contributed by atoms with Gasteiger partial charge in [0.1, 0.15) is 6.04 Å². The maximum atomic E-state index is 12.0.